The topological polar surface area (TPSA) is 113 Å². The smallest absolute Gasteiger partial charge is 0.326 e. The molecule has 7 nitrogen and oxygen atoms in total. The maximum absolute atomic E-state index is 12.5. The highest BCUT2D eigenvalue weighted by Gasteiger charge is 2.23. The lowest BCUT2D eigenvalue weighted by Crippen LogP contribution is -2.41. The number of ether oxygens (including phenoxy) is 1. The van der Waals surface area contributed by atoms with E-state index >= 15 is 0 Å². The molecule has 25 heavy (non-hydrogen) atoms. The van der Waals surface area contributed by atoms with E-state index in [1.807, 2.05) is 0 Å². The third-order valence-electron chi connectivity index (χ3n) is 3.68. The molecule has 3 N–H and O–H groups in total. The van der Waals surface area contributed by atoms with Crippen molar-refractivity contribution < 1.29 is 29.3 Å². The molecule has 0 heterocycles. The summed E-state index contributed by atoms with van der Waals surface area (Å²) >= 11 is 3.42. The minimum absolute atomic E-state index is 0.196. The van der Waals surface area contributed by atoms with Crippen molar-refractivity contribution in [3.8, 4) is 5.75 Å². The highest BCUT2D eigenvalue weighted by Crippen LogP contribution is 2.34. The molecule has 0 bridgehead atoms. The standard InChI is InChI=1S/C17H16BrNO6/c1-25-13-7-5-9-10(15(13)18)3-2-4-11(9)16(22)19-12(17(23)24)6-8-14(20)21/h2-5,7,12H,6,8H2,1H3,(H,19,22)(H,20,21)(H,23,24)/t12-/m0/s1. The number of aliphatic carboxylic acids is 2. The van der Waals surface area contributed by atoms with E-state index in [1.54, 1.807) is 30.3 Å². The predicted octanol–water partition coefficient (Wildman–Crippen LogP) is 2.66. The first kappa shape index (κ1) is 18.7. The number of benzene rings is 2. The monoisotopic (exact) mass is 409 g/mol. The highest BCUT2D eigenvalue weighted by atomic mass is 79.9. The summed E-state index contributed by atoms with van der Waals surface area (Å²) in [6.45, 7) is 0. The number of rotatable bonds is 7. The number of nitrogens with one attached hydrogen (secondary N) is 1. The van der Waals surface area contributed by atoms with Crippen LogP contribution in [0.3, 0.4) is 0 Å². The van der Waals surface area contributed by atoms with Gasteiger partial charge in [-0.2, -0.15) is 0 Å². The van der Waals surface area contributed by atoms with Crippen molar-refractivity contribution in [3.63, 3.8) is 0 Å². The van der Waals surface area contributed by atoms with Crippen LogP contribution in [0.15, 0.2) is 34.8 Å². The second-order valence-electron chi connectivity index (χ2n) is 5.28. The van der Waals surface area contributed by atoms with Gasteiger partial charge in [-0.1, -0.05) is 12.1 Å². The van der Waals surface area contributed by atoms with E-state index in [1.165, 1.54) is 7.11 Å². The zero-order valence-corrected chi connectivity index (χ0v) is 14.9. The Morgan fingerprint density at radius 3 is 2.48 bits per heavy atom. The summed E-state index contributed by atoms with van der Waals surface area (Å²) in [4.78, 5) is 34.4. The maximum Gasteiger partial charge on any atom is 0.326 e. The van der Waals surface area contributed by atoms with Gasteiger partial charge in [0.1, 0.15) is 11.8 Å². The number of carboxylic acids is 2. The Labute approximate surface area is 151 Å². The minimum Gasteiger partial charge on any atom is -0.496 e. The van der Waals surface area contributed by atoms with Crippen molar-refractivity contribution in [1.82, 2.24) is 5.32 Å². The Balaban J connectivity index is 2.34. The molecule has 1 atom stereocenters. The Kier molecular flexibility index (Phi) is 5.97. The molecule has 0 saturated carbocycles. The maximum atomic E-state index is 12.5. The lowest BCUT2D eigenvalue weighted by atomic mass is 10.0. The number of carboxylic acid groups (broad SMARTS) is 2. The van der Waals surface area contributed by atoms with Crippen molar-refractivity contribution >= 4 is 44.5 Å². The van der Waals surface area contributed by atoms with Gasteiger partial charge in [0.25, 0.3) is 5.91 Å². The Bertz CT molecular complexity index is 835. The number of halogens is 1. The van der Waals surface area contributed by atoms with Gasteiger partial charge in [0.15, 0.2) is 0 Å². The number of methoxy groups -OCH3 is 1. The van der Waals surface area contributed by atoms with Crippen LogP contribution in [0, 0.1) is 0 Å². The molecule has 8 heteroatoms. The molecule has 0 aliphatic carbocycles. The average Bonchev–Trinajstić information content (AvgIpc) is 2.58. The van der Waals surface area contributed by atoms with Crippen LogP contribution in [0.1, 0.15) is 23.2 Å². The zero-order chi connectivity index (χ0) is 18.6. The van der Waals surface area contributed by atoms with Gasteiger partial charge in [-0.05, 0) is 45.9 Å². The third-order valence-corrected chi connectivity index (χ3v) is 4.49. The fourth-order valence-corrected chi connectivity index (χ4v) is 3.06. The Hall–Kier alpha value is -2.61. The van der Waals surface area contributed by atoms with Crippen molar-refractivity contribution in [1.29, 1.82) is 0 Å². The van der Waals surface area contributed by atoms with Crippen LogP contribution in [0.2, 0.25) is 0 Å². The summed E-state index contributed by atoms with van der Waals surface area (Å²) in [7, 11) is 1.53. The van der Waals surface area contributed by atoms with Crippen LogP contribution in [-0.4, -0.2) is 41.2 Å². The van der Waals surface area contributed by atoms with Gasteiger partial charge in [-0.15, -0.1) is 0 Å². The molecule has 0 aliphatic rings. The molecule has 1 amide bonds. The van der Waals surface area contributed by atoms with Crippen LogP contribution < -0.4 is 10.1 Å². The molecule has 0 radical (unpaired) electrons. The van der Waals surface area contributed by atoms with E-state index in [0.717, 1.165) is 5.39 Å². The Morgan fingerprint density at radius 2 is 1.88 bits per heavy atom. The molecule has 0 saturated heterocycles. The number of fused-ring (bicyclic) bond motifs is 1. The molecule has 2 rings (SSSR count). The summed E-state index contributed by atoms with van der Waals surface area (Å²) in [5.74, 6) is -2.38. The first-order chi connectivity index (χ1) is 11.8. The molecule has 0 fully saturated rings. The van der Waals surface area contributed by atoms with Crippen LogP contribution in [0.5, 0.6) is 5.75 Å². The molecular weight excluding hydrogens is 394 g/mol. The van der Waals surface area contributed by atoms with Crippen LogP contribution in [-0.2, 0) is 9.59 Å². The fourth-order valence-electron chi connectivity index (χ4n) is 2.42. The van der Waals surface area contributed by atoms with E-state index in [2.05, 4.69) is 21.2 Å². The predicted molar refractivity (Wildman–Crippen MR) is 94.0 cm³/mol. The number of amides is 1. The first-order valence-electron chi connectivity index (χ1n) is 7.35. The van der Waals surface area contributed by atoms with Crippen molar-refractivity contribution in [2.24, 2.45) is 0 Å². The normalized spacial score (nSPS) is 11.8. The SMILES string of the molecule is COc1ccc2c(C(=O)N[C@@H](CCC(=O)O)C(=O)O)cccc2c1Br. The molecule has 0 spiro atoms. The number of carbonyl (C=O) groups is 3. The van der Waals surface area contributed by atoms with E-state index in [-0.39, 0.29) is 12.8 Å². The fraction of sp³-hybridized carbons (Fsp3) is 0.235. The summed E-state index contributed by atoms with van der Waals surface area (Å²) in [6.07, 6.45) is -0.547. The molecule has 2 aromatic carbocycles. The van der Waals surface area contributed by atoms with Crippen LogP contribution in [0.25, 0.3) is 10.8 Å². The van der Waals surface area contributed by atoms with Crippen LogP contribution >= 0.6 is 15.9 Å². The summed E-state index contributed by atoms with van der Waals surface area (Å²) in [6, 6.07) is 7.18. The number of hydrogen-bond donors (Lipinski definition) is 3. The third kappa shape index (κ3) is 4.27. The van der Waals surface area contributed by atoms with Gasteiger partial charge in [0.05, 0.1) is 11.6 Å². The second kappa shape index (κ2) is 7.98. The first-order valence-corrected chi connectivity index (χ1v) is 8.15. The van der Waals surface area contributed by atoms with Gasteiger partial charge in [-0.3, -0.25) is 9.59 Å². The van der Waals surface area contributed by atoms with E-state index in [4.69, 9.17) is 9.84 Å². The van der Waals surface area contributed by atoms with Gasteiger partial charge >= 0.3 is 11.9 Å². The van der Waals surface area contributed by atoms with Gasteiger partial charge in [0.2, 0.25) is 0 Å². The average molecular weight is 410 g/mol. The van der Waals surface area contributed by atoms with E-state index in [9.17, 15) is 19.5 Å². The van der Waals surface area contributed by atoms with Crippen LogP contribution in [0.4, 0.5) is 0 Å². The summed E-state index contributed by atoms with van der Waals surface area (Å²) < 4.78 is 5.91. The zero-order valence-electron chi connectivity index (χ0n) is 13.3. The van der Waals surface area contributed by atoms with E-state index < -0.39 is 23.9 Å². The summed E-state index contributed by atoms with van der Waals surface area (Å²) in [5.41, 5.74) is 0.294. The van der Waals surface area contributed by atoms with Gasteiger partial charge in [-0.25, -0.2) is 4.79 Å². The lowest BCUT2D eigenvalue weighted by Gasteiger charge is -2.15. The lowest BCUT2D eigenvalue weighted by molar-refractivity contribution is -0.140. The van der Waals surface area contributed by atoms with Crippen molar-refractivity contribution in [2.45, 2.75) is 18.9 Å². The molecule has 0 aromatic heterocycles. The number of carbonyl (C=O) groups excluding carboxylic acids is 1. The van der Waals surface area contributed by atoms with E-state index in [0.29, 0.717) is 21.2 Å². The molecule has 2 aromatic rings. The second-order valence-corrected chi connectivity index (χ2v) is 6.07. The molecule has 132 valence electrons. The summed E-state index contributed by atoms with van der Waals surface area (Å²) in [5, 5.41) is 21.6. The quantitative estimate of drug-likeness (QED) is 0.647. The largest absolute Gasteiger partial charge is 0.496 e. The van der Waals surface area contributed by atoms with Crippen molar-refractivity contribution in [3.05, 3.63) is 40.4 Å². The van der Waals surface area contributed by atoms with Gasteiger partial charge in [0, 0.05) is 17.4 Å². The molecule has 0 aliphatic heterocycles. The molecular formula is C17H16BrNO6. The molecule has 0 unspecified atom stereocenters. The minimum atomic E-state index is -1.28. The van der Waals surface area contributed by atoms with Gasteiger partial charge < -0.3 is 20.3 Å². The highest BCUT2D eigenvalue weighted by molar-refractivity contribution is 9.10. The Morgan fingerprint density at radius 1 is 1.16 bits per heavy atom. The number of hydrogen-bond acceptors (Lipinski definition) is 4. The van der Waals surface area contributed by atoms with Crippen molar-refractivity contribution in [2.75, 3.05) is 7.11 Å².